The number of aromatic nitrogens is 1. The smallest absolute Gasteiger partial charge is 0.253 e. The molecule has 2 N–H and O–H groups in total. The maximum absolute atomic E-state index is 11.9. The van der Waals surface area contributed by atoms with Gasteiger partial charge in [-0.2, -0.15) is 0 Å². The zero-order valence-electron chi connectivity index (χ0n) is 14.2. The van der Waals surface area contributed by atoms with Gasteiger partial charge in [0.1, 0.15) is 17.1 Å². The lowest BCUT2D eigenvalue weighted by molar-refractivity contribution is 0.269. The Morgan fingerprint density at radius 2 is 1.76 bits per heavy atom. The fraction of sp³-hybridized carbons (Fsp3) is 0.278. The van der Waals surface area contributed by atoms with Crippen LogP contribution in [-0.4, -0.2) is 30.5 Å². The molecule has 0 amide bonds. The molecule has 3 aromatic rings. The second-order valence-electron chi connectivity index (χ2n) is 5.99. The van der Waals surface area contributed by atoms with E-state index in [1.807, 2.05) is 43.3 Å². The molecule has 2 aromatic heterocycles. The van der Waals surface area contributed by atoms with Crippen LogP contribution in [0.25, 0.3) is 0 Å². The monoisotopic (exact) mass is 340 g/mol. The first-order valence-electron chi connectivity index (χ1n) is 7.97. The number of hydrogen-bond acceptors (Lipinski definition) is 7. The van der Waals surface area contributed by atoms with Crippen molar-refractivity contribution in [3.8, 4) is 0 Å². The number of furan rings is 1. The minimum absolute atomic E-state index is 0.0487. The number of nitrogens with one attached hydrogen (secondary N) is 2. The average molecular weight is 340 g/mol. The number of anilines is 2. The van der Waals surface area contributed by atoms with Gasteiger partial charge >= 0.3 is 0 Å². The van der Waals surface area contributed by atoms with Crippen LogP contribution in [0, 0.1) is 0 Å². The Kier molecular flexibility index (Phi) is 4.95. The van der Waals surface area contributed by atoms with Gasteiger partial charge in [0.05, 0.1) is 12.3 Å². The Morgan fingerprint density at radius 1 is 1.08 bits per heavy atom. The summed E-state index contributed by atoms with van der Waals surface area (Å²) in [5.74, 6) is 0.794. The van der Waals surface area contributed by atoms with Gasteiger partial charge in [0.25, 0.3) is 10.9 Å². The summed E-state index contributed by atoms with van der Waals surface area (Å²) in [5, 5.41) is 6.12. The minimum Gasteiger partial charge on any atom is -0.468 e. The van der Waals surface area contributed by atoms with Crippen LogP contribution in [0.3, 0.4) is 0 Å². The van der Waals surface area contributed by atoms with E-state index in [9.17, 15) is 9.59 Å². The predicted octanol–water partition coefficient (Wildman–Crippen LogP) is 1.60. The summed E-state index contributed by atoms with van der Waals surface area (Å²) >= 11 is 0. The molecule has 0 unspecified atom stereocenters. The van der Waals surface area contributed by atoms with E-state index < -0.39 is 10.9 Å². The fourth-order valence-corrected chi connectivity index (χ4v) is 2.64. The van der Waals surface area contributed by atoms with Crippen molar-refractivity contribution in [2.24, 2.45) is 0 Å². The lowest BCUT2D eigenvalue weighted by Crippen LogP contribution is -2.39. The molecule has 7 nitrogen and oxygen atoms in total. The van der Waals surface area contributed by atoms with E-state index in [4.69, 9.17) is 4.42 Å². The molecule has 0 aliphatic carbocycles. The quantitative estimate of drug-likeness (QED) is 0.602. The second-order valence-corrected chi connectivity index (χ2v) is 5.99. The van der Waals surface area contributed by atoms with E-state index >= 15 is 0 Å². The van der Waals surface area contributed by atoms with Crippen molar-refractivity contribution in [3.05, 3.63) is 74.7 Å². The Hall–Kier alpha value is -2.93. The SMILES string of the molecule is CN(C)[C@H](CNc1c(NCc2ccncc2)c(=O)c1=O)c1ccco1. The van der Waals surface area contributed by atoms with Gasteiger partial charge in [0.15, 0.2) is 0 Å². The van der Waals surface area contributed by atoms with E-state index in [0.717, 1.165) is 11.3 Å². The van der Waals surface area contributed by atoms with Crippen molar-refractivity contribution in [3.63, 3.8) is 0 Å². The summed E-state index contributed by atoms with van der Waals surface area (Å²) in [7, 11) is 3.86. The molecule has 2 heterocycles. The maximum atomic E-state index is 11.9. The largest absolute Gasteiger partial charge is 0.468 e. The van der Waals surface area contributed by atoms with Crippen LogP contribution >= 0.6 is 0 Å². The highest BCUT2D eigenvalue weighted by molar-refractivity contribution is 5.74. The van der Waals surface area contributed by atoms with Crippen LogP contribution in [0.15, 0.2) is 56.9 Å². The molecule has 7 heteroatoms. The average Bonchev–Trinajstić information content (AvgIpc) is 3.14. The molecule has 0 fully saturated rings. The van der Waals surface area contributed by atoms with Crippen LogP contribution in [-0.2, 0) is 6.54 Å². The van der Waals surface area contributed by atoms with Crippen molar-refractivity contribution in [2.75, 3.05) is 31.3 Å². The Bertz CT molecular complexity index is 881. The molecule has 0 saturated heterocycles. The highest BCUT2D eigenvalue weighted by Gasteiger charge is 2.23. The van der Waals surface area contributed by atoms with Gasteiger partial charge in [-0.25, -0.2) is 0 Å². The van der Waals surface area contributed by atoms with Gasteiger partial charge in [-0.1, -0.05) is 0 Å². The number of pyridine rings is 1. The van der Waals surface area contributed by atoms with E-state index in [0.29, 0.717) is 24.5 Å². The van der Waals surface area contributed by atoms with Crippen molar-refractivity contribution < 1.29 is 4.42 Å². The number of likely N-dealkylation sites (N-methyl/N-ethyl adjacent to an activating group) is 1. The summed E-state index contributed by atoms with van der Waals surface area (Å²) in [4.78, 5) is 29.7. The first kappa shape index (κ1) is 16.9. The molecule has 1 atom stereocenters. The van der Waals surface area contributed by atoms with Crippen molar-refractivity contribution in [1.29, 1.82) is 0 Å². The third-order valence-corrected chi connectivity index (χ3v) is 4.10. The van der Waals surface area contributed by atoms with Gasteiger partial charge in [-0.15, -0.1) is 0 Å². The van der Waals surface area contributed by atoms with E-state index in [1.54, 1.807) is 18.7 Å². The van der Waals surface area contributed by atoms with Gasteiger partial charge in [-0.05, 0) is 43.9 Å². The van der Waals surface area contributed by atoms with Crippen molar-refractivity contribution >= 4 is 11.4 Å². The predicted molar refractivity (Wildman–Crippen MR) is 96.5 cm³/mol. The van der Waals surface area contributed by atoms with Crippen LogP contribution in [0.1, 0.15) is 17.4 Å². The topological polar surface area (TPSA) is 87.5 Å². The highest BCUT2D eigenvalue weighted by atomic mass is 16.3. The van der Waals surface area contributed by atoms with Crippen molar-refractivity contribution in [2.45, 2.75) is 12.6 Å². The van der Waals surface area contributed by atoms with Crippen LogP contribution in [0.2, 0.25) is 0 Å². The van der Waals surface area contributed by atoms with Crippen LogP contribution in [0.5, 0.6) is 0 Å². The Morgan fingerprint density at radius 3 is 2.36 bits per heavy atom. The molecular weight excluding hydrogens is 320 g/mol. The molecule has 0 radical (unpaired) electrons. The summed E-state index contributed by atoms with van der Waals surface area (Å²) < 4.78 is 5.45. The standard InChI is InChI=1S/C18H20N4O3/c1-22(2)13(14-4-3-9-25-14)11-21-16-15(17(23)18(16)24)20-10-12-5-7-19-8-6-12/h3-9,13,20-21H,10-11H2,1-2H3/t13-/m1/s1. The number of rotatable bonds is 8. The third kappa shape index (κ3) is 3.61. The first-order valence-corrected chi connectivity index (χ1v) is 7.97. The molecular formula is C18H20N4O3. The molecule has 1 aromatic carbocycles. The summed E-state index contributed by atoms with van der Waals surface area (Å²) in [6.07, 6.45) is 4.98. The molecule has 0 bridgehead atoms. The van der Waals surface area contributed by atoms with E-state index in [2.05, 4.69) is 15.6 Å². The molecule has 0 spiro atoms. The summed E-state index contributed by atoms with van der Waals surface area (Å²) in [6.45, 7) is 0.909. The van der Waals surface area contributed by atoms with Crippen molar-refractivity contribution in [1.82, 2.24) is 9.88 Å². The number of hydrogen-bond donors (Lipinski definition) is 2. The third-order valence-electron chi connectivity index (χ3n) is 4.10. The number of nitrogens with zero attached hydrogens (tertiary/aromatic N) is 2. The van der Waals surface area contributed by atoms with Crippen LogP contribution in [0.4, 0.5) is 11.4 Å². The minimum atomic E-state index is -0.492. The zero-order chi connectivity index (χ0) is 17.8. The zero-order valence-corrected chi connectivity index (χ0v) is 14.2. The van der Waals surface area contributed by atoms with Gasteiger partial charge in [0.2, 0.25) is 0 Å². The van der Waals surface area contributed by atoms with Gasteiger partial charge in [0, 0.05) is 25.5 Å². The summed E-state index contributed by atoms with van der Waals surface area (Å²) in [6, 6.07) is 7.37. The highest BCUT2D eigenvalue weighted by Crippen LogP contribution is 2.21. The fourth-order valence-electron chi connectivity index (χ4n) is 2.64. The molecule has 25 heavy (non-hydrogen) atoms. The van der Waals surface area contributed by atoms with Gasteiger partial charge in [-0.3, -0.25) is 19.5 Å². The Balaban J connectivity index is 1.68. The summed E-state index contributed by atoms with van der Waals surface area (Å²) in [5.41, 5.74) is 0.664. The first-order chi connectivity index (χ1) is 12.1. The second kappa shape index (κ2) is 7.31. The van der Waals surface area contributed by atoms with E-state index in [1.165, 1.54) is 0 Å². The molecule has 0 aliphatic rings. The van der Waals surface area contributed by atoms with Crippen LogP contribution < -0.4 is 21.5 Å². The molecule has 0 aliphatic heterocycles. The van der Waals surface area contributed by atoms with Gasteiger partial charge < -0.3 is 15.1 Å². The normalized spacial score (nSPS) is 12.4. The molecule has 3 rings (SSSR count). The van der Waals surface area contributed by atoms with E-state index in [-0.39, 0.29) is 6.04 Å². The lowest BCUT2D eigenvalue weighted by Gasteiger charge is -2.24. The molecule has 130 valence electrons. The maximum Gasteiger partial charge on any atom is 0.253 e. The molecule has 0 saturated carbocycles. The lowest BCUT2D eigenvalue weighted by atomic mass is 10.1. The Labute approximate surface area is 145 Å².